The zero-order chi connectivity index (χ0) is 12.5. The molecule has 1 aromatic rings. The molecule has 4 heteroatoms. The van der Waals surface area contributed by atoms with Gasteiger partial charge in [0, 0.05) is 5.54 Å². The molecular weight excluding hydrogens is 232 g/mol. The molecule has 0 bridgehead atoms. The van der Waals surface area contributed by atoms with Gasteiger partial charge < -0.3 is 5.32 Å². The van der Waals surface area contributed by atoms with E-state index in [2.05, 4.69) is 16.6 Å². The summed E-state index contributed by atoms with van der Waals surface area (Å²) < 4.78 is 4.29. The number of rotatable bonds is 3. The number of hydrogen-bond acceptors (Lipinski definition) is 4. The minimum Gasteiger partial charge on any atom is -0.370 e. The third-order valence-electron chi connectivity index (χ3n) is 3.59. The van der Waals surface area contributed by atoms with Crippen LogP contribution in [0.2, 0.25) is 0 Å². The number of Topliss-reactive ketones (excluding diaryl/α,β-unsaturated/α-hetero) is 1. The van der Waals surface area contributed by atoms with Crippen LogP contribution in [0.4, 0.5) is 5.00 Å². The summed E-state index contributed by atoms with van der Waals surface area (Å²) in [5.74, 6) is 0.109. The van der Waals surface area contributed by atoms with E-state index in [1.807, 2.05) is 6.92 Å². The van der Waals surface area contributed by atoms with E-state index in [-0.39, 0.29) is 11.3 Å². The lowest BCUT2D eigenvalue weighted by molar-refractivity contribution is 0.101. The molecule has 0 spiro atoms. The Bertz CT molecular complexity index is 419. The SMILES string of the molecule is CC(=O)c1c(C)nsc1NC1(C)CCCCC1. The van der Waals surface area contributed by atoms with E-state index < -0.39 is 0 Å². The van der Waals surface area contributed by atoms with Crippen LogP contribution in [0.3, 0.4) is 0 Å². The average molecular weight is 252 g/mol. The summed E-state index contributed by atoms with van der Waals surface area (Å²) >= 11 is 1.41. The zero-order valence-electron chi connectivity index (χ0n) is 10.8. The van der Waals surface area contributed by atoms with Gasteiger partial charge in [-0.1, -0.05) is 19.3 Å². The Morgan fingerprint density at radius 2 is 2.00 bits per heavy atom. The number of aryl methyl sites for hydroxylation is 1. The standard InChI is InChI=1S/C13H20N2OS/c1-9-11(10(2)16)12(17-15-9)14-13(3)7-5-4-6-8-13/h14H,4-8H2,1-3H3. The summed E-state index contributed by atoms with van der Waals surface area (Å²) in [5.41, 5.74) is 1.77. The van der Waals surface area contributed by atoms with E-state index in [0.717, 1.165) is 16.3 Å². The molecule has 1 heterocycles. The number of nitrogens with zero attached hydrogens (tertiary/aromatic N) is 1. The highest BCUT2D eigenvalue weighted by atomic mass is 32.1. The van der Waals surface area contributed by atoms with Crippen molar-refractivity contribution in [3.05, 3.63) is 11.3 Å². The first-order chi connectivity index (χ1) is 8.02. The molecule has 1 fully saturated rings. The fourth-order valence-corrected chi connectivity index (χ4v) is 3.60. The van der Waals surface area contributed by atoms with Gasteiger partial charge in [0.1, 0.15) is 5.00 Å². The Balaban J connectivity index is 2.20. The summed E-state index contributed by atoms with van der Waals surface area (Å²) in [4.78, 5) is 11.6. The van der Waals surface area contributed by atoms with Gasteiger partial charge in [-0.3, -0.25) is 4.79 Å². The average Bonchev–Trinajstić information content (AvgIpc) is 2.60. The summed E-state index contributed by atoms with van der Waals surface area (Å²) in [6, 6.07) is 0. The van der Waals surface area contributed by atoms with Gasteiger partial charge in [0.05, 0.1) is 11.3 Å². The molecule has 0 radical (unpaired) electrons. The fourth-order valence-electron chi connectivity index (χ4n) is 2.60. The van der Waals surface area contributed by atoms with Gasteiger partial charge in [0.25, 0.3) is 0 Å². The first-order valence-electron chi connectivity index (χ1n) is 6.27. The molecule has 0 unspecified atom stereocenters. The summed E-state index contributed by atoms with van der Waals surface area (Å²) in [5, 5.41) is 4.52. The Labute approximate surface area is 107 Å². The van der Waals surface area contributed by atoms with Crippen molar-refractivity contribution in [3.63, 3.8) is 0 Å². The van der Waals surface area contributed by atoms with Crippen LogP contribution in [0.15, 0.2) is 0 Å². The first-order valence-corrected chi connectivity index (χ1v) is 7.04. The van der Waals surface area contributed by atoms with E-state index >= 15 is 0 Å². The summed E-state index contributed by atoms with van der Waals surface area (Å²) in [6.07, 6.45) is 6.24. The lowest BCUT2D eigenvalue weighted by Gasteiger charge is -2.35. The number of anilines is 1. The van der Waals surface area contributed by atoms with Crippen molar-refractivity contribution < 1.29 is 4.79 Å². The largest absolute Gasteiger partial charge is 0.370 e. The van der Waals surface area contributed by atoms with Crippen molar-refractivity contribution in [1.29, 1.82) is 0 Å². The number of carbonyl (C=O) groups excluding carboxylic acids is 1. The van der Waals surface area contributed by atoms with Gasteiger partial charge in [0.2, 0.25) is 0 Å². The maximum absolute atomic E-state index is 11.6. The van der Waals surface area contributed by atoms with Crippen molar-refractivity contribution in [1.82, 2.24) is 4.37 Å². The highest BCUT2D eigenvalue weighted by Gasteiger charge is 2.28. The van der Waals surface area contributed by atoms with Crippen LogP contribution in [-0.2, 0) is 0 Å². The maximum Gasteiger partial charge on any atom is 0.164 e. The van der Waals surface area contributed by atoms with Gasteiger partial charge >= 0.3 is 0 Å². The van der Waals surface area contributed by atoms with E-state index in [0.29, 0.717) is 0 Å². The number of aromatic nitrogens is 1. The number of carbonyl (C=O) groups is 1. The zero-order valence-corrected chi connectivity index (χ0v) is 11.6. The van der Waals surface area contributed by atoms with Crippen molar-refractivity contribution in [3.8, 4) is 0 Å². The second-order valence-corrected chi connectivity index (χ2v) is 6.05. The normalized spacial score (nSPS) is 19.0. The second-order valence-electron chi connectivity index (χ2n) is 5.27. The van der Waals surface area contributed by atoms with Crippen molar-refractivity contribution in [2.75, 3.05) is 5.32 Å². The van der Waals surface area contributed by atoms with Crippen LogP contribution < -0.4 is 5.32 Å². The third-order valence-corrected chi connectivity index (χ3v) is 4.44. The van der Waals surface area contributed by atoms with Crippen molar-refractivity contribution >= 4 is 22.3 Å². The fraction of sp³-hybridized carbons (Fsp3) is 0.692. The number of ketones is 1. The highest BCUT2D eigenvalue weighted by molar-refractivity contribution is 7.10. The van der Waals surface area contributed by atoms with E-state index in [1.54, 1.807) is 6.92 Å². The molecular formula is C13H20N2OS. The van der Waals surface area contributed by atoms with Gasteiger partial charge in [-0.2, -0.15) is 4.37 Å². The van der Waals surface area contributed by atoms with Crippen LogP contribution in [0.1, 0.15) is 62.0 Å². The first kappa shape index (κ1) is 12.6. The Morgan fingerprint density at radius 3 is 2.59 bits per heavy atom. The smallest absolute Gasteiger partial charge is 0.164 e. The second kappa shape index (κ2) is 4.77. The minimum atomic E-state index is 0.109. The van der Waals surface area contributed by atoms with Crippen LogP contribution in [-0.4, -0.2) is 15.7 Å². The van der Waals surface area contributed by atoms with E-state index in [1.165, 1.54) is 43.6 Å². The number of hydrogen-bond donors (Lipinski definition) is 1. The molecule has 0 atom stereocenters. The molecule has 0 amide bonds. The van der Waals surface area contributed by atoms with Gasteiger partial charge in [-0.25, -0.2) is 0 Å². The monoisotopic (exact) mass is 252 g/mol. The molecule has 0 saturated heterocycles. The molecule has 0 aromatic carbocycles. The van der Waals surface area contributed by atoms with Crippen molar-refractivity contribution in [2.45, 2.75) is 58.4 Å². The third kappa shape index (κ3) is 2.68. The molecule has 17 heavy (non-hydrogen) atoms. The van der Waals surface area contributed by atoms with Gasteiger partial charge in [-0.15, -0.1) is 0 Å². The molecule has 3 nitrogen and oxygen atoms in total. The Morgan fingerprint density at radius 1 is 1.35 bits per heavy atom. The van der Waals surface area contributed by atoms with Gasteiger partial charge in [-0.05, 0) is 45.1 Å². The topological polar surface area (TPSA) is 42.0 Å². The summed E-state index contributed by atoms with van der Waals surface area (Å²) in [7, 11) is 0. The van der Waals surface area contributed by atoms with Crippen LogP contribution in [0.5, 0.6) is 0 Å². The predicted molar refractivity (Wildman–Crippen MR) is 72.0 cm³/mol. The van der Waals surface area contributed by atoms with E-state index in [9.17, 15) is 4.79 Å². The summed E-state index contributed by atoms with van der Waals surface area (Å²) in [6.45, 7) is 5.78. The molecule has 1 aliphatic carbocycles. The molecule has 1 aliphatic rings. The highest BCUT2D eigenvalue weighted by Crippen LogP contribution is 2.34. The van der Waals surface area contributed by atoms with Crippen LogP contribution in [0, 0.1) is 6.92 Å². The maximum atomic E-state index is 11.6. The number of nitrogens with one attached hydrogen (secondary N) is 1. The van der Waals surface area contributed by atoms with Crippen molar-refractivity contribution in [2.24, 2.45) is 0 Å². The Kier molecular flexibility index (Phi) is 3.52. The molecule has 2 rings (SSSR count). The predicted octanol–water partition coefficient (Wildman–Crippen LogP) is 3.79. The van der Waals surface area contributed by atoms with Crippen LogP contribution in [0.25, 0.3) is 0 Å². The Hall–Kier alpha value is -0.900. The quantitative estimate of drug-likeness (QED) is 0.832. The molecule has 1 aromatic heterocycles. The minimum absolute atomic E-state index is 0.109. The van der Waals surface area contributed by atoms with Crippen LogP contribution >= 0.6 is 11.5 Å². The lowest BCUT2D eigenvalue weighted by atomic mass is 9.83. The molecule has 94 valence electrons. The molecule has 1 N–H and O–H groups in total. The lowest BCUT2D eigenvalue weighted by Crippen LogP contribution is -2.36. The molecule has 1 saturated carbocycles. The van der Waals surface area contributed by atoms with Gasteiger partial charge in [0.15, 0.2) is 5.78 Å². The van der Waals surface area contributed by atoms with E-state index in [4.69, 9.17) is 0 Å². The molecule has 0 aliphatic heterocycles.